The molecule has 0 heterocycles. The second kappa shape index (κ2) is 15.8. The number of benzene rings is 6. The first kappa shape index (κ1) is 34.3. The third-order valence-corrected chi connectivity index (χ3v) is 9.18. The van der Waals surface area contributed by atoms with E-state index in [-0.39, 0.29) is 11.9 Å². The van der Waals surface area contributed by atoms with Gasteiger partial charge in [-0.05, 0) is 55.6 Å². The van der Waals surface area contributed by atoms with E-state index in [1.165, 1.54) is 13.8 Å². The monoisotopic (exact) mass is 688 g/mol. The van der Waals surface area contributed by atoms with Gasteiger partial charge in [0.05, 0.1) is 0 Å². The predicted molar refractivity (Wildman–Crippen MR) is 201 cm³/mol. The third-order valence-electron chi connectivity index (χ3n) is 9.18. The lowest BCUT2D eigenvalue weighted by Gasteiger charge is -2.22. The van der Waals surface area contributed by atoms with Crippen molar-refractivity contribution in [3.05, 3.63) is 189 Å². The first-order valence-electron chi connectivity index (χ1n) is 17.5. The first-order chi connectivity index (χ1) is 25.4. The van der Waals surface area contributed by atoms with Crippen LogP contribution >= 0.6 is 0 Å². The first-order valence-corrected chi connectivity index (χ1v) is 17.5. The molecular formula is C46H40O6. The van der Waals surface area contributed by atoms with Crippen molar-refractivity contribution in [3.8, 4) is 23.0 Å². The molecule has 0 spiro atoms. The molecule has 260 valence electrons. The average Bonchev–Trinajstić information content (AvgIpc) is 3.14. The summed E-state index contributed by atoms with van der Waals surface area (Å²) in [6, 6.07) is 44.4. The van der Waals surface area contributed by atoms with Gasteiger partial charge in [0.1, 0.15) is 36.2 Å². The van der Waals surface area contributed by atoms with Crippen LogP contribution < -0.4 is 18.9 Å². The molecular weight excluding hydrogens is 649 g/mol. The van der Waals surface area contributed by atoms with E-state index in [0.717, 1.165) is 67.1 Å². The molecule has 1 aliphatic carbocycles. The molecule has 0 amide bonds. The molecule has 0 aromatic heterocycles. The Bertz CT molecular complexity index is 1960. The lowest BCUT2D eigenvalue weighted by atomic mass is 9.91. The fraction of sp³-hybridized carbons (Fsp3) is 0.174. The van der Waals surface area contributed by atoms with Gasteiger partial charge in [-0.15, -0.1) is 0 Å². The van der Waals surface area contributed by atoms with Crippen LogP contribution in [-0.2, 0) is 48.5 Å². The highest BCUT2D eigenvalue weighted by atomic mass is 16.5. The van der Waals surface area contributed by atoms with Crippen LogP contribution in [0.3, 0.4) is 0 Å². The van der Waals surface area contributed by atoms with Crippen LogP contribution in [0.4, 0.5) is 0 Å². The predicted octanol–water partition coefficient (Wildman–Crippen LogP) is 9.37. The zero-order chi connectivity index (χ0) is 35.9. The fourth-order valence-corrected chi connectivity index (χ4v) is 6.87. The summed E-state index contributed by atoms with van der Waals surface area (Å²) in [5.74, 6) is 1.81. The second-order valence-electron chi connectivity index (χ2n) is 13.1. The molecule has 6 aromatic rings. The maximum Gasteiger partial charge on any atom is 0.308 e. The molecule has 0 atom stereocenters. The molecule has 0 radical (unpaired) electrons. The molecule has 8 bridgehead atoms. The van der Waals surface area contributed by atoms with Crippen LogP contribution in [0.2, 0.25) is 0 Å². The van der Waals surface area contributed by atoms with Crippen molar-refractivity contribution in [1.82, 2.24) is 0 Å². The van der Waals surface area contributed by atoms with Gasteiger partial charge < -0.3 is 18.9 Å². The maximum absolute atomic E-state index is 12.6. The zero-order valence-corrected chi connectivity index (χ0v) is 29.4. The van der Waals surface area contributed by atoms with E-state index < -0.39 is 0 Å². The van der Waals surface area contributed by atoms with Crippen molar-refractivity contribution in [2.24, 2.45) is 0 Å². The molecule has 7 rings (SSSR count). The highest BCUT2D eigenvalue weighted by molar-refractivity contribution is 5.72. The van der Waals surface area contributed by atoms with Gasteiger partial charge in [-0.2, -0.15) is 0 Å². The van der Waals surface area contributed by atoms with Crippen molar-refractivity contribution in [1.29, 1.82) is 0 Å². The standard InChI is InChI=1S/C46H40O6/c1-31(47)51-45-39-21-11-22-40(45)26-36-18-10-20-38(44(36)50-30-34-15-7-4-8-16-34)28-42-24-12-23-41(46(42)52-32(2)48)27-37-19-9-17-35(25-39)43(37)49-29-33-13-5-3-6-14-33/h3-24H,25-30H2,1-2H3. The second-order valence-corrected chi connectivity index (χ2v) is 13.1. The molecule has 0 fully saturated rings. The summed E-state index contributed by atoms with van der Waals surface area (Å²) in [7, 11) is 0. The molecule has 6 aromatic carbocycles. The summed E-state index contributed by atoms with van der Waals surface area (Å²) >= 11 is 0. The minimum Gasteiger partial charge on any atom is -0.488 e. The van der Waals surface area contributed by atoms with Crippen LogP contribution in [0.5, 0.6) is 23.0 Å². The Kier molecular flexibility index (Phi) is 10.4. The molecule has 0 saturated carbocycles. The number of hydrogen-bond acceptors (Lipinski definition) is 6. The van der Waals surface area contributed by atoms with Crippen LogP contribution in [0, 0.1) is 0 Å². The Morgan fingerprint density at radius 3 is 0.923 bits per heavy atom. The molecule has 6 heteroatoms. The minimum absolute atomic E-state index is 0.374. The number of para-hydroxylation sites is 4. The maximum atomic E-state index is 12.6. The zero-order valence-electron chi connectivity index (χ0n) is 29.4. The smallest absolute Gasteiger partial charge is 0.308 e. The largest absolute Gasteiger partial charge is 0.488 e. The minimum atomic E-state index is -0.386. The number of esters is 2. The Hall–Kier alpha value is -6.14. The van der Waals surface area contributed by atoms with Gasteiger partial charge in [-0.3, -0.25) is 9.59 Å². The number of hydrogen-bond donors (Lipinski definition) is 0. The molecule has 0 aliphatic heterocycles. The summed E-state index contributed by atoms with van der Waals surface area (Å²) < 4.78 is 25.4. The van der Waals surface area contributed by atoms with Crippen molar-refractivity contribution < 1.29 is 28.5 Å². The number of carbonyl (C=O) groups excluding carboxylic acids is 2. The van der Waals surface area contributed by atoms with Crippen molar-refractivity contribution in [2.45, 2.75) is 52.7 Å². The molecule has 0 unspecified atom stereocenters. The topological polar surface area (TPSA) is 71.1 Å². The Labute approximate surface area is 304 Å². The van der Waals surface area contributed by atoms with Gasteiger partial charge in [0.25, 0.3) is 0 Å². The van der Waals surface area contributed by atoms with E-state index in [9.17, 15) is 9.59 Å². The molecule has 52 heavy (non-hydrogen) atoms. The quantitative estimate of drug-likeness (QED) is 0.117. The van der Waals surface area contributed by atoms with Crippen LogP contribution in [-0.4, -0.2) is 11.9 Å². The van der Waals surface area contributed by atoms with Crippen molar-refractivity contribution in [3.63, 3.8) is 0 Å². The summed E-state index contributed by atoms with van der Waals surface area (Å²) in [5, 5.41) is 0. The van der Waals surface area contributed by atoms with Crippen molar-refractivity contribution in [2.75, 3.05) is 0 Å². The Balaban J connectivity index is 1.41. The lowest BCUT2D eigenvalue weighted by Crippen LogP contribution is -2.11. The summed E-state index contributed by atoms with van der Waals surface area (Å²) in [4.78, 5) is 25.2. The normalized spacial score (nSPS) is 12.0. The van der Waals surface area contributed by atoms with Gasteiger partial charge in [0, 0.05) is 39.5 Å². The van der Waals surface area contributed by atoms with Crippen LogP contribution in [0.1, 0.15) is 69.5 Å². The highest BCUT2D eigenvalue weighted by Crippen LogP contribution is 2.39. The summed E-state index contributed by atoms with van der Waals surface area (Å²) in [6.45, 7) is 3.62. The third kappa shape index (κ3) is 8.08. The summed E-state index contributed by atoms with van der Waals surface area (Å²) in [6.07, 6.45) is 1.84. The van der Waals surface area contributed by atoms with Crippen LogP contribution in [0.25, 0.3) is 0 Å². The number of rotatable bonds is 8. The molecule has 6 nitrogen and oxygen atoms in total. The number of carbonyl (C=O) groups is 2. The van der Waals surface area contributed by atoms with E-state index in [0.29, 0.717) is 50.4 Å². The van der Waals surface area contributed by atoms with Gasteiger partial charge in [0.15, 0.2) is 0 Å². The SMILES string of the molecule is CC(=O)Oc1c2cccc1Cc1cccc(c1OCc1ccccc1)Cc1cccc(c1OC(C)=O)Cc1cccc(c1OCc1ccccc1)C2. The van der Waals surface area contributed by atoms with E-state index in [1.54, 1.807) is 0 Å². The van der Waals surface area contributed by atoms with Crippen molar-refractivity contribution >= 4 is 11.9 Å². The van der Waals surface area contributed by atoms with Gasteiger partial charge >= 0.3 is 11.9 Å². The van der Waals surface area contributed by atoms with E-state index in [2.05, 4.69) is 24.3 Å². The van der Waals surface area contributed by atoms with E-state index >= 15 is 0 Å². The average molecular weight is 689 g/mol. The van der Waals surface area contributed by atoms with E-state index in [1.807, 2.05) is 109 Å². The fourth-order valence-electron chi connectivity index (χ4n) is 6.87. The Morgan fingerprint density at radius 1 is 0.385 bits per heavy atom. The molecule has 0 N–H and O–H groups in total. The van der Waals surface area contributed by atoms with E-state index in [4.69, 9.17) is 18.9 Å². The number of ether oxygens (including phenoxy) is 4. The number of fused-ring (bicyclic) bond motifs is 8. The van der Waals surface area contributed by atoms with Crippen LogP contribution in [0.15, 0.2) is 133 Å². The molecule has 0 saturated heterocycles. The Morgan fingerprint density at radius 2 is 0.654 bits per heavy atom. The molecule has 1 aliphatic rings. The summed E-state index contributed by atoms with van der Waals surface area (Å²) in [5.41, 5.74) is 9.35. The van der Waals surface area contributed by atoms with Gasteiger partial charge in [-0.25, -0.2) is 0 Å². The lowest BCUT2D eigenvalue weighted by molar-refractivity contribution is -0.132. The van der Waals surface area contributed by atoms with Gasteiger partial charge in [-0.1, -0.05) is 133 Å². The highest BCUT2D eigenvalue weighted by Gasteiger charge is 2.22. The van der Waals surface area contributed by atoms with Gasteiger partial charge in [0.2, 0.25) is 0 Å².